The highest BCUT2D eigenvalue weighted by Crippen LogP contribution is 2.33. The molecular weight excluding hydrogens is 475 g/mol. The van der Waals surface area contributed by atoms with Crippen molar-refractivity contribution in [3.8, 4) is 11.3 Å². The molecule has 194 valence electrons. The summed E-state index contributed by atoms with van der Waals surface area (Å²) in [5.74, 6) is -2.40. The summed E-state index contributed by atoms with van der Waals surface area (Å²) < 4.78 is 15.3. The number of anilines is 1. The Hall–Kier alpha value is -3.85. The number of Topliss-reactive ketones (excluding diaryl/α,β-unsaturated/α-hetero) is 1. The molecule has 0 spiro atoms. The van der Waals surface area contributed by atoms with Gasteiger partial charge in [0.15, 0.2) is 0 Å². The number of carbonyl (C=O) groups excluding carboxylic acids is 3. The number of hydrogen-bond acceptors (Lipinski definition) is 5. The van der Waals surface area contributed by atoms with Gasteiger partial charge in [0.2, 0.25) is 0 Å². The molecule has 3 N–H and O–H groups in total. The van der Waals surface area contributed by atoms with Crippen LogP contribution in [0, 0.1) is 19.7 Å². The topological polar surface area (TPSA) is 113 Å². The van der Waals surface area contributed by atoms with Crippen LogP contribution < -0.4 is 10.6 Å². The van der Waals surface area contributed by atoms with E-state index in [9.17, 15) is 23.9 Å². The van der Waals surface area contributed by atoms with E-state index in [1.54, 1.807) is 50.0 Å². The number of hydrogen-bond donors (Lipinski definition) is 3. The van der Waals surface area contributed by atoms with E-state index in [1.807, 2.05) is 6.92 Å². The number of benzene rings is 1. The molecule has 9 heteroatoms. The van der Waals surface area contributed by atoms with Crippen molar-refractivity contribution in [2.75, 3.05) is 5.32 Å². The first-order valence-corrected chi connectivity index (χ1v) is 12.2. The van der Waals surface area contributed by atoms with Gasteiger partial charge in [0, 0.05) is 36.2 Å². The Morgan fingerprint density at radius 2 is 1.86 bits per heavy atom. The van der Waals surface area contributed by atoms with Crippen molar-refractivity contribution in [1.29, 1.82) is 0 Å². The third-order valence-electron chi connectivity index (χ3n) is 7.11. The first kappa shape index (κ1) is 26.2. The van der Waals surface area contributed by atoms with E-state index in [4.69, 9.17) is 0 Å². The number of rotatable bonds is 6. The Labute approximate surface area is 214 Å². The van der Waals surface area contributed by atoms with Crippen molar-refractivity contribution in [2.45, 2.75) is 58.1 Å². The summed E-state index contributed by atoms with van der Waals surface area (Å²) in [5, 5.41) is 15.5. The van der Waals surface area contributed by atoms with Crippen LogP contribution in [0.25, 0.3) is 11.3 Å². The number of aliphatic hydroxyl groups is 1. The average Bonchev–Trinajstić information content (AvgIpc) is 3.13. The van der Waals surface area contributed by atoms with E-state index in [0.29, 0.717) is 53.8 Å². The number of nitrogens with one attached hydrogen (secondary N) is 2. The molecule has 0 radical (unpaired) electrons. The maximum absolute atomic E-state index is 13.7. The highest BCUT2D eigenvalue weighted by atomic mass is 19.1. The lowest BCUT2D eigenvalue weighted by atomic mass is 9.82. The molecule has 0 atom stereocenters. The predicted octanol–water partition coefficient (Wildman–Crippen LogP) is 4.09. The normalized spacial score (nSPS) is 19.4. The summed E-state index contributed by atoms with van der Waals surface area (Å²) >= 11 is 0. The van der Waals surface area contributed by atoms with Crippen molar-refractivity contribution in [3.05, 3.63) is 70.9 Å². The van der Waals surface area contributed by atoms with Gasteiger partial charge in [-0.3, -0.25) is 19.4 Å². The number of amides is 2. The molecule has 1 aliphatic carbocycles. The van der Waals surface area contributed by atoms with E-state index >= 15 is 0 Å². The molecule has 1 aromatic carbocycles. The summed E-state index contributed by atoms with van der Waals surface area (Å²) in [7, 11) is 1.63. The fourth-order valence-corrected chi connectivity index (χ4v) is 4.99. The molecule has 1 saturated carbocycles. The number of pyridine rings is 1. The highest BCUT2D eigenvalue weighted by Gasteiger charge is 2.36. The van der Waals surface area contributed by atoms with Crippen molar-refractivity contribution >= 4 is 23.3 Å². The van der Waals surface area contributed by atoms with Crippen molar-refractivity contribution in [2.24, 2.45) is 7.05 Å². The van der Waals surface area contributed by atoms with Crippen LogP contribution in [0.1, 0.15) is 64.6 Å². The molecule has 37 heavy (non-hydrogen) atoms. The first-order chi connectivity index (χ1) is 17.5. The van der Waals surface area contributed by atoms with Crippen LogP contribution in [0.4, 0.5) is 10.1 Å². The van der Waals surface area contributed by atoms with Crippen molar-refractivity contribution in [3.63, 3.8) is 0 Å². The summed E-state index contributed by atoms with van der Waals surface area (Å²) in [6, 6.07) is 7.74. The lowest BCUT2D eigenvalue weighted by molar-refractivity contribution is -0.119. The standard InChI is InChI=1S/C28H31FN4O4/c1-16-14-19(7-8-21(16)29)31-26(36)22-17(2)23(33(4)24(22)18-6-5-13-30-15-18)25(35)27(37)32-28(3)11-9-20(34)10-12-28/h5-8,13-15,20,34H,9-12H2,1-4H3,(H,31,36)(H,32,37)/t20-,28+. The van der Waals surface area contributed by atoms with E-state index in [1.165, 1.54) is 18.2 Å². The second kappa shape index (κ2) is 10.3. The van der Waals surface area contributed by atoms with Gasteiger partial charge in [-0.25, -0.2) is 4.39 Å². The summed E-state index contributed by atoms with van der Waals surface area (Å²) in [6.45, 7) is 5.10. The van der Waals surface area contributed by atoms with Crippen LogP contribution in [-0.2, 0) is 11.8 Å². The summed E-state index contributed by atoms with van der Waals surface area (Å²) in [5.41, 5.74) is 1.89. The Morgan fingerprint density at radius 3 is 2.49 bits per heavy atom. The van der Waals surface area contributed by atoms with Crippen LogP contribution in [0.2, 0.25) is 0 Å². The van der Waals surface area contributed by atoms with Crippen LogP contribution >= 0.6 is 0 Å². The van der Waals surface area contributed by atoms with Crippen LogP contribution in [0.3, 0.4) is 0 Å². The van der Waals surface area contributed by atoms with Gasteiger partial charge in [0.25, 0.3) is 17.6 Å². The van der Waals surface area contributed by atoms with Gasteiger partial charge in [-0.1, -0.05) is 0 Å². The first-order valence-electron chi connectivity index (χ1n) is 12.2. The van der Waals surface area contributed by atoms with Crippen molar-refractivity contribution in [1.82, 2.24) is 14.9 Å². The number of halogens is 1. The third kappa shape index (κ3) is 5.32. The maximum Gasteiger partial charge on any atom is 0.294 e. The molecule has 1 fully saturated rings. The van der Waals surface area contributed by atoms with E-state index in [0.717, 1.165) is 0 Å². The van der Waals surface area contributed by atoms with E-state index < -0.39 is 29.2 Å². The minimum atomic E-state index is -0.763. The van der Waals surface area contributed by atoms with Crippen molar-refractivity contribution < 1.29 is 23.9 Å². The smallest absolute Gasteiger partial charge is 0.294 e. The lowest BCUT2D eigenvalue weighted by Crippen LogP contribution is -2.51. The largest absolute Gasteiger partial charge is 0.393 e. The SMILES string of the molecule is Cc1cc(NC(=O)c2c(C)c(C(=O)C(=O)N[C@]3(C)CC[C@H](O)CC3)n(C)c2-c2cccnc2)ccc1F. The molecular formula is C28H31FN4O4. The minimum Gasteiger partial charge on any atom is -0.393 e. The second-order valence-corrected chi connectivity index (χ2v) is 9.99. The number of nitrogens with zero attached hydrogens (tertiary/aromatic N) is 2. The summed E-state index contributed by atoms with van der Waals surface area (Å²) in [6.07, 6.45) is 5.00. The lowest BCUT2D eigenvalue weighted by Gasteiger charge is -2.36. The minimum absolute atomic E-state index is 0.0937. The monoisotopic (exact) mass is 506 g/mol. The zero-order valence-corrected chi connectivity index (χ0v) is 21.4. The number of aliphatic hydroxyl groups excluding tert-OH is 1. The Morgan fingerprint density at radius 1 is 1.16 bits per heavy atom. The highest BCUT2D eigenvalue weighted by molar-refractivity contribution is 6.43. The second-order valence-electron chi connectivity index (χ2n) is 9.99. The molecule has 1 aliphatic rings. The van der Waals surface area contributed by atoms with Gasteiger partial charge < -0.3 is 20.3 Å². The Bertz CT molecular complexity index is 1360. The number of carbonyl (C=O) groups is 3. The van der Waals surface area contributed by atoms with Crippen LogP contribution in [-0.4, -0.2) is 43.9 Å². The van der Waals surface area contributed by atoms with E-state index in [-0.39, 0.29) is 17.1 Å². The van der Waals surface area contributed by atoms with Gasteiger partial charge in [-0.15, -0.1) is 0 Å². The molecule has 2 aromatic heterocycles. The molecule has 0 unspecified atom stereocenters. The molecule has 0 saturated heterocycles. The van der Waals surface area contributed by atoms with Gasteiger partial charge >= 0.3 is 0 Å². The molecule has 2 heterocycles. The van der Waals surface area contributed by atoms with Gasteiger partial charge in [-0.05, 0) is 87.9 Å². The van der Waals surface area contributed by atoms with Crippen LogP contribution in [0.5, 0.6) is 0 Å². The molecule has 0 bridgehead atoms. The van der Waals surface area contributed by atoms with Gasteiger partial charge in [0.1, 0.15) is 5.82 Å². The zero-order valence-electron chi connectivity index (χ0n) is 21.4. The third-order valence-corrected chi connectivity index (χ3v) is 7.11. The molecule has 3 aromatic rings. The fourth-order valence-electron chi connectivity index (χ4n) is 4.99. The number of ketones is 1. The zero-order chi connectivity index (χ0) is 26.9. The maximum atomic E-state index is 13.7. The number of aryl methyl sites for hydroxylation is 1. The van der Waals surface area contributed by atoms with Gasteiger partial charge in [-0.2, -0.15) is 0 Å². The van der Waals surface area contributed by atoms with E-state index in [2.05, 4.69) is 15.6 Å². The predicted molar refractivity (Wildman–Crippen MR) is 138 cm³/mol. The number of aromatic nitrogens is 2. The van der Waals surface area contributed by atoms with Gasteiger partial charge in [0.05, 0.1) is 23.1 Å². The fraction of sp³-hybridized carbons (Fsp3) is 0.357. The average molecular weight is 507 g/mol. The van der Waals surface area contributed by atoms with Crippen LogP contribution in [0.15, 0.2) is 42.7 Å². The molecule has 8 nitrogen and oxygen atoms in total. The molecule has 4 rings (SSSR count). The molecule has 2 amide bonds. The quantitative estimate of drug-likeness (QED) is 0.344. The Balaban J connectivity index is 1.72. The summed E-state index contributed by atoms with van der Waals surface area (Å²) in [4.78, 5) is 44.2. The Kier molecular flexibility index (Phi) is 7.27. The molecule has 0 aliphatic heterocycles.